The fourth-order valence-electron chi connectivity index (χ4n) is 13.3. The van der Waals surface area contributed by atoms with E-state index < -0.39 is 107 Å². The van der Waals surface area contributed by atoms with Gasteiger partial charge in [-0.25, -0.2) is 0 Å². The van der Waals surface area contributed by atoms with Crippen molar-refractivity contribution in [2.24, 2.45) is 50.2 Å². The number of ether oxygens (including phenoxy) is 4. The number of carbonyl (C=O) groups is 4. The minimum absolute atomic E-state index is 0. The number of ketones is 1. The van der Waals surface area contributed by atoms with Gasteiger partial charge < -0.3 is 74.2 Å². The number of aliphatic carboxylic acids is 3. The molecule has 4 saturated carbocycles. The van der Waals surface area contributed by atoms with E-state index in [-0.39, 0.29) is 93.5 Å². The van der Waals surface area contributed by atoms with Gasteiger partial charge in [0.05, 0.1) is 18.0 Å². The minimum atomic E-state index is -2.16. The molecular formula is C42H59Na2O16-. The summed E-state index contributed by atoms with van der Waals surface area (Å²) in [7, 11) is 0. The molecule has 0 aromatic heterocycles. The molecule has 60 heavy (non-hydrogen) atoms. The molecule has 0 spiro atoms. The quantitative estimate of drug-likeness (QED) is 0.117. The monoisotopic (exact) mass is 865 g/mol. The SMILES string of the molecule is CC1(C)[C@@H](O[C@H]2O[C@H](C(=O)[O-])[C@@H](O)[C@H](O)[C@H]2O[C@@H]2O[C@H](C(=O)[O-])[C@@H](O)[C@H](O)[C@H]2O)CC[C@]2(C)[C@H]3C(=O)C=C4[C@@H]5C[C@@](C)(C(=O)[O-])CC[C@]5(C)CC[C@@]4(C)[C@]3(C)CC[C@@H]12.[Na+].[Na+]. The van der Waals surface area contributed by atoms with E-state index in [0.29, 0.717) is 38.5 Å². The molecule has 0 amide bonds. The Labute approximate surface area is 394 Å². The predicted octanol–water partition coefficient (Wildman–Crippen LogP) is -7.75. The summed E-state index contributed by atoms with van der Waals surface area (Å²) in [6, 6.07) is 0. The van der Waals surface area contributed by atoms with Gasteiger partial charge in [0, 0.05) is 17.3 Å². The maximum atomic E-state index is 14.8. The van der Waals surface area contributed by atoms with E-state index in [9.17, 15) is 60.0 Å². The van der Waals surface area contributed by atoms with Crippen LogP contribution >= 0.6 is 0 Å². The van der Waals surface area contributed by atoms with E-state index in [1.165, 1.54) is 0 Å². The minimum Gasteiger partial charge on any atom is -0.550 e. The molecule has 0 bridgehead atoms. The zero-order valence-electron chi connectivity index (χ0n) is 36.3. The van der Waals surface area contributed by atoms with Crippen LogP contribution in [-0.4, -0.2) is 117 Å². The fourth-order valence-corrected chi connectivity index (χ4v) is 13.3. The van der Waals surface area contributed by atoms with E-state index in [2.05, 4.69) is 27.7 Å². The molecule has 2 saturated heterocycles. The number of rotatable bonds is 7. The van der Waals surface area contributed by atoms with Crippen LogP contribution in [0.4, 0.5) is 0 Å². The van der Waals surface area contributed by atoms with Crippen LogP contribution in [0.3, 0.4) is 0 Å². The van der Waals surface area contributed by atoms with Crippen molar-refractivity contribution < 1.29 is 138 Å². The third kappa shape index (κ3) is 7.58. The molecule has 16 nitrogen and oxygen atoms in total. The van der Waals surface area contributed by atoms with Crippen molar-refractivity contribution in [3.05, 3.63) is 11.6 Å². The molecule has 0 aromatic carbocycles. The molecule has 5 N–H and O–H groups in total. The summed E-state index contributed by atoms with van der Waals surface area (Å²) >= 11 is 0. The second-order valence-electron chi connectivity index (χ2n) is 20.6. The first kappa shape index (κ1) is 50.5. The molecule has 2 heterocycles. The Morgan fingerprint density at radius 1 is 0.700 bits per heavy atom. The van der Waals surface area contributed by atoms with Crippen LogP contribution in [0.2, 0.25) is 0 Å². The summed E-state index contributed by atoms with van der Waals surface area (Å²) in [4.78, 5) is 50.9. The molecule has 0 radical (unpaired) electrons. The van der Waals surface area contributed by atoms with Gasteiger partial charge in [0.1, 0.15) is 48.8 Å². The summed E-state index contributed by atoms with van der Waals surface area (Å²) in [5.41, 5.74) is -2.11. The third-order valence-electron chi connectivity index (χ3n) is 17.2. The zero-order chi connectivity index (χ0) is 42.9. The summed E-state index contributed by atoms with van der Waals surface area (Å²) in [5.74, 6) is -5.37. The maximum Gasteiger partial charge on any atom is 1.00 e. The van der Waals surface area contributed by atoms with Crippen molar-refractivity contribution in [3.63, 3.8) is 0 Å². The fraction of sp³-hybridized carbons (Fsp3) is 0.857. The number of carboxylic acids is 3. The molecule has 5 aliphatic carbocycles. The van der Waals surface area contributed by atoms with Gasteiger partial charge in [-0.2, -0.15) is 0 Å². The average Bonchev–Trinajstić information content (AvgIpc) is 3.13. The van der Waals surface area contributed by atoms with Crippen molar-refractivity contribution >= 4 is 23.7 Å². The van der Waals surface area contributed by atoms with Crippen molar-refractivity contribution in [3.8, 4) is 0 Å². The van der Waals surface area contributed by atoms with Crippen LogP contribution in [0.5, 0.6) is 0 Å². The van der Waals surface area contributed by atoms with Crippen molar-refractivity contribution in [1.29, 1.82) is 0 Å². The Bertz CT molecular complexity index is 1740. The first-order chi connectivity index (χ1) is 26.8. The smallest absolute Gasteiger partial charge is 0.550 e. The summed E-state index contributed by atoms with van der Waals surface area (Å²) in [6.45, 7) is 14.6. The predicted molar refractivity (Wildman–Crippen MR) is 192 cm³/mol. The molecule has 2 aliphatic heterocycles. The van der Waals surface area contributed by atoms with Gasteiger partial charge in [-0.3, -0.25) is 4.79 Å². The van der Waals surface area contributed by atoms with Crippen LogP contribution in [0.15, 0.2) is 11.6 Å². The molecule has 7 rings (SSSR count). The average molecular weight is 866 g/mol. The molecule has 326 valence electrons. The van der Waals surface area contributed by atoms with Gasteiger partial charge in [0.25, 0.3) is 0 Å². The number of aliphatic hydroxyl groups excluding tert-OH is 5. The number of aliphatic hydroxyl groups is 5. The molecule has 0 aromatic rings. The number of hydrogen-bond acceptors (Lipinski definition) is 16. The Balaban J connectivity index is 0.00000341. The third-order valence-corrected chi connectivity index (χ3v) is 17.2. The van der Waals surface area contributed by atoms with E-state index in [1.807, 2.05) is 19.9 Å². The number of hydrogen-bond donors (Lipinski definition) is 5. The van der Waals surface area contributed by atoms with E-state index in [4.69, 9.17) is 18.9 Å². The van der Waals surface area contributed by atoms with Gasteiger partial charge in [-0.1, -0.05) is 54.0 Å². The number of carbonyl (C=O) groups excluding carboxylic acids is 4. The number of carboxylic acid groups (broad SMARTS) is 3. The molecule has 19 atom stereocenters. The van der Waals surface area contributed by atoms with Crippen molar-refractivity contribution in [2.45, 2.75) is 174 Å². The Morgan fingerprint density at radius 2 is 1.27 bits per heavy atom. The number of fused-ring (bicyclic) bond motifs is 7. The summed E-state index contributed by atoms with van der Waals surface area (Å²) in [6.07, 6.45) is -13.4. The maximum absolute atomic E-state index is 14.8. The zero-order valence-corrected chi connectivity index (χ0v) is 40.3. The van der Waals surface area contributed by atoms with Crippen LogP contribution in [0, 0.1) is 50.2 Å². The Morgan fingerprint density at radius 3 is 1.85 bits per heavy atom. The second-order valence-corrected chi connectivity index (χ2v) is 20.6. The number of allylic oxidation sites excluding steroid dienone is 2. The molecule has 0 unspecified atom stereocenters. The molecule has 6 fully saturated rings. The van der Waals surface area contributed by atoms with Crippen LogP contribution in [0.1, 0.15) is 106 Å². The Kier molecular flexibility index (Phi) is 14.3. The van der Waals surface area contributed by atoms with E-state index >= 15 is 0 Å². The summed E-state index contributed by atoms with van der Waals surface area (Å²) in [5, 5.41) is 89.2. The van der Waals surface area contributed by atoms with Gasteiger partial charge >= 0.3 is 59.1 Å². The van der Waals surface area contributed by atoms with E-state index in [0.717, 1.165) is 24.8 Å². The first-order valence-corrected chi connectivity index (χ1v) is 20.7. The largest absolute Gasteiger partial charge is 1.00 e. The molecule has 18 heteroatoms. The van der Waals surface area contributed by atoms with E-state index in [1.54, 1.807) is 6.92 Å². The van der Waals surface area contributed by atoms with Crippen molar-refractivity contribution in [1.82, 2.24) is 0 Å². The standard InChI is InChI=1S/C42H62O16.2Na/c1-37(2)21-8-11-42(7)31(20(43)16-18-19-17-39(4,36(53)54)13-12-38(19,3)14-15-41(18,42)6)40(21,5)10-9-22(37)55-35-30(26(47)25(46)29(57-35)33(51)52)58-34-27(48)23(44)24(45)28(56-34)32(49)50;;/h16,19,21-31,34-35,44-48H,8-15,17H2,1-7H3,(H,49,50)(H,51,52)(H,53,54);;/q;2*+1/p-3/t19-,21-,22-,23-,24-,25-,26-,27+,28-,29-,30+,31+,34-,35-,38+,39-,40-,41+,42+;;/m0../s1. The van der Waals surface area contributed by atoms with Gasteiger partial charge in [0.15, 0.2) is 18.4 Å². The van der Waals surface area contributed by atoms with Crippen LogP contribution in [-0.2, 0) is 38.1 Å². The van der Waals surface area contributed by atoms with Crippen molar-refractivity contribution in [2.75, 3.05) is 0 Å². The molecule has 7 aliphatic rings. The molecular weight excluding hydrogens is 806 g/mol. The van der Waals surface area contributed by atoms with Gasteiger partial charge in [-0.05, 0) is 103 Å². The van der Waals surface area contributed by atoms with Gasteiger partial charge in [-0.15, -0.1) is 0 Å². The first-order valence-electron chi connectivity index (χ1n) is 20.7. The van der Waals surface area contributed by atoms with Crippen LogP contribution < -0.4 is 74.4 Å². The van der Waals surface area contributed by atoms with Gasteiger partial charge in [0.2, 0.25) is 0 Å². The normalized spacial score (nSPS) is 50.8. The Hall–Kier alpha value is -0.540. The summed E-state index contributed by atoms with van der Waals surface area (Å²) < 4.78 is 23.1. The second kappa shape index (κ2) is 17.0. The topological polar surface area (TPSA) is 276 Å². The van der Waals surface area contributed by atoms with Crippen LogP contribution in [0.25, 0.3) is 0 Å².